The summed E-state index contributed by atoms with van der Waals surface area (Å²) >= 11 is 0. The van der Waals surface area contributed by atoms with Crippen LogP contribution in [0, 0.1) is 0 Å². The van der Waals surface area contributed by atoms with Gasteiger partial charge in [-0.15, -0.1) is 0 Å². The van der Waals surface area contributed by atoms with E-state index in [2.05, 4.69) is 144 Å². The maximum absolute atomic E-state index is 7.08. The smallest absolute Gasteiger partial charge is 0.177 e. The lowest BCUT2D eigenvalue weighted by Gasteiger charge is -2.27. The van der Waals surface area contributed by atoms with Gasteiger partial charge in [0.05, 0.1) is 22.5 Å². The van der Waals surface area contributed by atoms with E-state index in [0.717, 1.165) is 74.2 Å². The first kappa shape index (κ1) is 32.0. The van der Waals surface area contributed by atoms with E-state index in [1.165, 1.54) is 39.0 Å². The molecule has 0 saturated carbocycles. The van der Waals surface area contributed by atoms with Crippen molar-refractivity contribution >= 4 is 38.9 Å². The van der Waals surface area contributed by atoms with E-state index < -0.39 is 0 Å². The van der Waals surface area contributed by atoms with Gasteiger partial charge >= 0.3 is 0 Å². The number of benzene rings is 6. The fourth-order valence-electron chi connectivity index (χ4n) is 9.31. The molecule has 9 aromatic rings. The van der Waals surface area contributed by atoms with Gasteiger partial charge in [0.1, 0.15) is 11.7 Å². The Morgan fingerprint density at radius 2 is 1.30 bits per heavy atom. The average Bonchev–Trinajstić information content (AvgIpc) is 3.97. The summed E-state index contributed by atoms with van der Waals surface area (Å²) in [5.74, 6) is 1.53. The highest BCUT2D eigenvalue weighted by molar-refractivity contribution is 6.11. The number of furan rings is 1. The SMILES string of the molecule is C1=CC2c3ccc4c(oc5c(-c6nc(-c7ccccc7)cc(-c7ccccc7)n6)cccc54)c3OC2C(C2=Cc3c(n(-c4ccccc4)c4ccccc34)CC2)=C1. The van der Waals surface area contributed by atoms with Crippen molar-refractivity contribution in [1.29, 1.82) is 0 Å². The van der Waals surface area contributed by atoms with E-state index in [1.807, 2.05) is 36.4 Å². The number of fused-ring (bicyclic) bond motifs is 10. The third-order valence-corrected chi connectivity index (χ3v) is 11.9. The molecule has 3 aliphatic rings. The van der Waals surface area contributed by atoms with E-state index in [-0.39, 0.29) is 12.0 Å². The summed E-state index contributed by atoms with van der Waals surface area (Å²) in [7, 11) is 0. The minimum absolute atomic E-state index is 0.0874. The molecular formula is C52H35N3O2. The van der Waals surface area contributed by atoms with Gasteiger partial charge in [-0.05, 0) is 66.5 Å². The zero-order valence-electron chi connectivity index (χ0n) is 31.0. The normalized spacial score (nSPS) is 16.9. The molecule has 270 valence electrons. The number of hydrogen-bond acceptors (Lipinski definition) is 4. The molecule has 0 radical (unpaired) electrons. The highest BCUT2D eigenvalue weighted by Crippen LogP contribution is 2.51. The van der Waals surface area contributed by atoms with E-state index in [4.69, 9.17) is 19.1 Å². The fourth-order valence-corrected chi connectivity index (χ4v) is 9.31. The molecule has 1 aliphatic heterocycles. The van der Waals surface area contributed by atoms with Crippen molar-refractivity contribution in [2.75, 3.05) is 0 Å². The molecule has 57 heavy (non-hydrogen) atoms. The third kappa shape index (κ3) is 5.02. The molecule has 0 saturated heterocycles. The van der Waals surface area contributed by atoms with E-state index in [9.17, 15) is 0 Å². The molecule has 0 N–H and O–H groups in total. The van der Waals surface area contributed by atoms with Crippen molar-refractivity contribution in [2.45, 2.75) is 24.9 Å². The lowest BCUT2D eigenvalue weighted by molar-refractivity contribution is 0.257. The van der Waals surface area contributed by atoms with Crippen molar-refractivity contribution in [2.24, 2.45) is 0 Å². The molecule has 4 heterocycles. The van der Waals surface area contributed by atoms with Crippen LogP contribution >= 0.6 is 0 Å². The molecule has 0 fully saturated rings. The number of aromatic nitrogens is 3. The predicted molar refractivity (Wildman–Crippen MR) is 230 cm³/mol. The van der Waals surface area contributed by atoms with Crippen LogP contribution < -0.4 is 4.74 Å². The molecule has 0 spiro atoms. The van der Waals surface area contributed by atoms with Crippen LogP contribution in [0.1, 0.15) is 29.2 Å². The Kier molecular flexibility index (Phi) is 7.11. The molecular weight excluding hydrogens is 699 g/mol. The van der Waals surface area contributed by atoms with Crippen molar-refractivity contribution in [1.82, 2.24) is 14.5 Å². The molecule has 2 aliphatic carbocycles. The summed E-state index contributed by atoms with van der Waals surface area (Å²) < 4.78 is 16.5. The highest BCUT2D eigenvalue weighted by atomic mass is 16.5. The standard InChI is InChI=1S/C52H35N3O2/c1-4-14-32(15-5-1)44-31-45(33-16-6-2-7-17-33)54-52(53-44)42-24-13-23-39-41-28-27-40-38-22-12-21-36(48(38)56-50(40)51(41)57-49(39)42)34-26-29-47-43(30-34)37-20-10-11-25-46(37)55(47)35-18-8-3-9-19-35/h1-25,27-28,30-31,38,48H,26,29H2. The molecule has 0 amide bonds. The summed E-state index contributed by atoms with van der Waals surface area (Å²) in [5.41, 5.74) is 15.0. The van der Waals surface area contributed by atoms with Crippen LogP contribution in [0.5, 0.6) is 5.75 Å². The van der Waals surface area contributed by atoms with Crippen molar-refractivity contribution < 1.29 is 9.15 Å². The first-order valence-electron chi connectivity index (χ1n) is 19.7. The Bertz CT molecular complexity index is 3090. The largest absolute Gasteiger partial charge is 0.480 e. The Morgan fingerprint density at radius 1 is 0.614 bits per heavy atom. The van der Waals surface area contributed by atoms with Gasteiger partial charge < -0.3 is 13.7 Å². The first-order valence-corrected chi connectivity index (χ1v) is 19.7. The minimum atomic E-state index is -0.141. The number of allylic oxidation sites excluding steroid dienone is 2. The van der Waals surface area contributed by atoms with Crippen molar-refractivity contribution in [3.05, 3.63) is 198 Å². The second-order valence-electron chi connectivity index (χ2n) is 15.1. The number of rotatable bonds is 5. The van der Waals surface area contributed by atoms with Crippen molar-refractivity contribution in [3.63, 3.8) is 0 Å². The number of nitrogens with zero attached hydrogens (tertiary/aromatic N) is 3. The zero-order valence-corrected chi connectivity index (χ0v) is 31.0. The number of ether oxygens (including phenoxy) is 1. The Labute approximate surface area is 329 Å². The maximum Gasteiger partial charge on any atom is 0.177 e. The lowest BCUT2D eigenvalue weighted by Crippen LogP contribution is -2.24. The second-order valence-corrected chi connectivity index (χ2v) is 15.1. The quantitative estimate of drug-likeness (QED) is 0.177. The highest BCUT2D eigenvalue weighted by Gasteiger charge is 2.40. The van der Waals surface area contributed by atoms with Gasteiger partial charge in [-0.1, -0.05) is 133 Å². The summed E-state index contributed by atoms with van der Waals surface area (Å²) in [6.45, 7) is 0. The summed E-state index contributed by atoms with van der Waals surface area (Å²) in [6.07, 6.45) is 10.9. The molecule has 0 bridgehead atoms. The van der Waals surface area contributed by atoms with Gasteiger partial charge in [0.25, 0.3) is 0 Å². The molecule has 2 unspecified atom stereocenters. The molecule has 5 heteroatoms. The van der Waals surface area contributed by atoms with Crippen LogP contribution in [0.3, 0.4) is 0 Å². The Morgan fingerprint density at radius 3 is 2.07 bits per heavy atom. The van der Waals surface area contributed by atoms with Crippen LogP contribution in [-0.2, 0) is 6.42 Å². The van der Waals surface area contributed by atoms with Gasteiger partial charge in [-0.25, -0.2) is 9.97 Å². The molecule has 6 aromatic carbocycles. The van der Waals surface area contributed by atoms with E-state index in [1.54, 1.807) is 0 Å². The van der Waals surface area contributed by atoms with Crippen LogP contribution in [0.25, 0.3) is 78.5 Å². The topological polar surface area (TPSA) is 53.1 Å². The van der Waals surface area contributed by atoms with Crippen LogP contribution in [0.4, 0.5) is 0 Å². The zero-order chi connectivity index (χ0) is 37.5. The summed E-state index contributed by atoms with van der Waals surface area (Å²) in [4.78, 5) is 10.3. The lowest BCUT2D eigenvalue weighted by atomic mass is 9.81. The molecule has 2 atom stereocenters. The van der Waals surface area contributed by atoms with E-state index >= 15 is 0 Å². The monoisotopic (exact) mass is 733 g/mol. The summed E-state index contributed by atoms with van der Waals surface area (Å²) in [6, 6.07) is 52.8. The van der Waals surface area contributed by atoms with E-state index in [0.29, 0.717) is 5.82 Å². The molecule has 3 aromatic heterocycles. The predicted octanol–water partition coefficient (Wildman–Crippen LogP) is 12.7. The van der Waals surface area contributed by atoms with Gasteiger partial charge in [-0.3, -0.25) is 0 Å². The number of para-hydroxylation sites is 3. The second kappa shape index (κ2) is 12.7. The van der Waals surface area contributed by atoms with Gasteiger partial charge in [0.15, 0.2) is 17.2 Å². The average molecular weight is 734 g/mol. The van der Waals surface area contributed by atoms with Crippen LogP contribution in [-0.4, -0.2) is 20.6 Å². The fraction of sp³-hybridized carbons (Fsp3) is 0.0769. The number of hydrogen-bond donors (Lipinski definition) is 0. The van der Waals surface area contributed by atoms with Crippen molar-refractivity contribution in [3.8, 4) is 45.3 Å². The van der Waals surface area contributed by atoms with Crippen LogP contribution in [0.15, 0.2) is 185 Å². The third-order valence-electron chi connectivity index (χ3n) is 11.9. The van der Waals surface area contributed by atoms with Gasteiger partial charge in [0.2, 0.25) is 0 Å². The Hall–Kier alpha value is -7.24. The van der Waals surface area contributed by atoms with Gasteiger partial charge in [-0.2, -0.15) is 0 Å². The van der Waals surface area contributed by atoms with Gasteiger partial charge in [0, 0.05) is 55.7 Å². The molecule has 5 nitrogen and oxygen atoms in total. The first-order chi connectivity index (χ1) is 28.3. The Balaban J connectivity index is 0.954. The summed E-state index contributed by atoms with van der Waals surface area (Å²) in [5, 5.41) is 3.32. The maximum atomic E-state index is 7.08. The van der Waals surface area contributed by atoms with Crippen LogP contribution in [0.2, 0.25) is 0 Å². The minimum Gasteiger partial charge on any atom is -0.480 e. The molecule has 12 rings (SSSR count).